The lowest BCUT2D eigenvalue weighted by molar-refractivity contribution is 0.292. The highest BCUT2D eigenvalue weighted by Crippen LogP contribution is 2.48. The zero-order valence-electron chi connectivity index (χ0n) is 29.0. The van der Waals surface area contributed by atoms with Gasteiger partial charge in [-0.3, -0.25) is 4.90 Å². The van der Waals surface area contributed by atoms with Crippen LogP contribution in [0.4, 0.5) is 24.0 Å². The van der Waals surface area contributed by atoms with Crippen LogP contribution in [0.25, 0.3) is 32.1 Å². The topological polar surface area (TPSA) is 82.1 Å². The minimum atomic E-state index is -0.518. The zero-order valence-corrected chi connectivity index (χ0v) is 29.8. The van der Waals surface area contributed by atoms with Crippen LogP contribution >= 0.6 is 11.3 Å². The molecular weight excluding hydrogens is 630 g/mol. The number of nitrogens with zero attached hydrogens (tertiary/aromatic N) is 5. The SMILES string of the molecule is CC.CCc1nc2c3c(c(C)c(-c4ccc(F)c5sc(N)c(C)c45)c(F)c3n1)CCCN2C(C)C1CC1C#N.FC1CC2CCCN2C1. The van der Waals surface area contributed by atoms with E-state index in [0.717, 1.165) is 66.7 Å². The average Bonchev–Trinajstić information content (AvgIpc) is 3.57. The third-order valence-corrected chi connectivity index (χ3v) is 11.9. The Morgan fingerprint density at radius 2 is 1.85 bits per heavy atom. The molecule has 5 heterocycles. The lowest BCUT2D eigenvalue weighted by Gasteiger charge is -2.31. The molecule has 10 heteroatoms. The van der Waals surface area contributed by atoms with Gasteiger partial charge in [0.1, 0.15) is 29.1 Å². The van der Waals surface area contributed by atoms with Crippen molar-refractivity contribution in [2.24, 2.45) is 11.8 Å². The van der Waals surface area contributed by atoms with Crippen molar-refractivity contribution in [2.45, 2.75) is 105 Å². The van der Waals surface area contributed by atoms with E-state index < -0.39 is 12.0 Å². The summed E-state index contributed by atoms with van der Waals surface area (Å²) in [6, 6.07) is 6.23. The maximum absolute atomic E-state index is 16.7. The monoisotopic (exact) mass is 676 g/mol. The quantitative estimate of drug-likeness (QED) is 0.232. The number of fused-ring (bicyclic) bond motifs is 2. The molecule has 0 radical (unpaired) electrons. The third kappa shape index (κ3) is 5.91. The molecule has 5 unspecified atom stereocenters. The number of hydrogen-bond donors (Lipinski definition) is 1. The normalized spacial score (nSPS) is 23.5. The van der Waals surface area contributed by atoms with E-state index in [4.69, 9.17) is 15.7 Å². The Kier molecular flexibility index (Phi) is 9.93. The summed E-state index contributed by atoms with van der Waals surface area (Å²) in [5.41, 5.74) is 10.3. The maximum atomic E-state index is 16.7. The number of rotatable bonds is 4. The molecule has 1 saturated carbocycles. The van der Waals surface area contributed by atoms with E-state index in [1.165, 1.54) is 30.2 Å². The van der Waals surface area contributed by atoms with Crippen LogP contribution in [0.15, 0.2) is 12.1 Å². The number of hydrogen-bond acceptors (Lipinski definition) is 7. The number of nitrogens with two attached hydrogens (primary N) is 1. The number of thiophene rings is 1. The number of anilines is 2. The van der Waals surface area contributed by atoms with Gasteiger partial charge in [0.25, 0.3) is 0 Å². The molecule has 1 aliphatic carbocycles. The minimum Gasteiger partial charge on any atom is -0.390 e. The van der Waals surface area contributed by atoms with E-state index in [9.17, 15) is 14.0 Å². The van der Waals surface area contributed by atoms with E-state index in [1.807, 2.05) is 34.6 Å². The zero-order chi connectivity index (χ0) is 34.4. The van der Waals surface area contributed by atoms with Gasteiger partial charge in [0.2, 0.25) is 0 Å². The molecule has 2 N–H and O–H groups in total. The number of nitriles is 1. The van der Waals surface area contributed by atoms with Gasteiger partial charge < -0.3 is 10.6 Å². The van der Waals surface area contributed by atoms with Crippen molar-refractivity contribution in [2.75, 3.05) is 30.3 Å². The van der Waals surface area contributed by atoms with E-state index >= 15 is 4.39 Å². The second-order valence-corrected chi connectivity index (χ2v) is 14.6. The Labute approximate surface area is 286 Å². The highest BCUT2D eigenvalue weighted by Gasteiger charge is 2.44. The number of nitrogen functional groups attached to an aromatic ring is 1. The molecule has 2 aromatic carbocycles. The van der Waals surface area contributed by atoms with E-state index in [1.54, 1.807) is 6.07 Å². The number of halogens is 3. The minimum absolute atomic E-state index is 0.0729. The largest absolute Gasteiger partial charge is 0.390 e. The molecule has 6 nitrogen and oxygen atoms in total. The van der Waals surface area contributed by atoms with Crippen LogP contribution in [0, 0.1) is 48.6 Å². The van der Waals surface area contributed by atoms with Gasteiger partial charge in [-0.15, -0.1) is 11.3 Å². The van der Waals surface area contributed by atoms with Gasteiger partial charge in [-0.2, -0.15) is 5.26 Å². The van der Waals surface area contributed by atoms with Gasteiger partial charge >= 0.3 is 0 Å². The Balaban J connectivity index is 0.000000310. The Morgan fingerprint density at radius 1 is 1.08 bits per heavy atom. The number of aryl methyl sites for hydroxylation is 3. The summed E-state index contributed by atoms with van der Waals surface area (Å²) in [6.07, 6.45) is 5.94. The van der Waals surface area contributed by atoms with Crippen molar-refractivity contribution in [1.29, 1.82) is 5.26 Å². The van der Waals surface area contributed by atoms with Crippen LogP contribution in [-0.4, -0.2) is 52.8 Å². The number of benzene rings is 2. The van der Waals surface area contributed by atoms with Crippen LogP contribution in [-0.2, 0) is 12.8 Å². The van der Waals surface area contributed by atoms with Gasteiger partial charge in [-0.1, -0.05) is 26.8 Å². The first-order chi connectivity index (χ1) is 23.1. The van der Waals surface area contributed by atoms with Gasteiger partial charge in [-0.25, -0.2) is 23.1 Å². The molecule has 256 valence electrons. The van der Waals surface area contributed by atoms with Gasteiger partial charge in [0, 0.05) is 47.9 Å². The standard InChI is InChI=1S/C29H29F2N5S.C7H12FN.C2H6/c1-5-21-34-26-24-17(7-6-10-36(29(24)35-21)15(4)19-11-16(19)12-32)13(2)22(25(26)31)18-8-9-20(30)27-23(18)14(3)28(33)37-27;8-6-4-7-2-1-3-9(7)5-6;1-2/h8-9,15-16,19H,5-7,10-11,33H2,1-4H3;6-7H,1-5H2;1-2H3. The van der Waals surface area contributed by atoms with Crippen molar-refractivity contribution in [3.8, 4) is 17.2 Å². The number of alkyl halides is 1. The van der Waals surface area contributed by atoms with Crippen LogP contribution in [0.1, 0.15) is 82.3 Å². The molecule has 5 atom stereocenters. The molecular formula is C38H47F3N6S. The molecule has 0 spiro atoms. The summed E-state index contributed by atoms with van der Waals surface area (Å²) in [6.45, 7) is 14.6. The maximum Gasteiger partial charge on any atom is 0.157 e. The average molecular weight is 677 g/mol. The highest BCUT2D eigenvalue weighted by atomic mass is 32.1. The van der Waals surface area contributed by atoms with Crippen LogP contribution in [0.5, 0.6) is 0 Å². The van der Waals surface area contributed by atoms with Crippen LogP contribution in [0.3, 0.4) is 0 Å². The predicted molar refractivity (Wildman–Crippen MR) is 191 cm³/mol. The lowest BCUT2D eigenvalue weighted by atomic mass is 9.88. The molecule has 4 aromatic rings. The fraction of sp³-hybridized carbons (Fsp3) is 0.553. The molecule has 0 bridgehead atoms. The van der Waals surface area contributed by atoms with Gasteiger partial charge in [0.15, 0.2) is 5.82 Å². The summed E-state index contributed by atoms with van der Waals surface area (Å²) >= 11 is 1.20. The van der Waals surface area contributed by atoms with E-state index in [2.05, 4.69) is 22.8 Å². The second kappa shape index (κ2) is 13.8. The molecule has 8 rings (SSSR count). The first-order valence-corrected chi connectivity index (χ1v) is 18.5. The molecule has 3 fully saturated rings. The summed E-state index contributed by atoms with van der Waals surface area (Å²) in [5, 5.41) is 11.4. The first kappa shape index (κ1) is 34.4. The van der Waals surface area contributed by atoms with Gasteiger partial charge in [0.05, 0.1) is 21.7 Å². The predicted octanol–water partition coefficient (Wildman–Crippen LogP) is 9.07. The first-order valence-electron chi connectivity index (χ1n) is 17.7. The van der Waals surface area contributed by atoms with E-state index in [0.29, 0.717) is 62.5 Å². The van der Waals surface area contributed by atoms with Crippen LogP contribution < -0.4 is 10.6 Å². The molecule has 3 aliphatic heterocycles. The summed E-state index contributed by atoms with van der Waals surface area (Å²) in [5.74, 6) is 0.990. The summed E-state index contributed by atoms with van der Waals surface area (Å²) in [4.78, 5) is 14.2. The lowest BCUT2D eigenvalue weighted by Crippen LogP contribution is -2.36. The smallest absolute Gasteiger partial charge is 0.157 e. The fourth-order valence-corrected chi connectivity index (χ4v) is 9.19. The second-order valence-electron chi connectivity index (χ2n) is 13.5. The Morgan fingerprint density at radius 3 is 2.54 bits per heavy atom. The Bertz CT molecular complexity index is 1870. The molecule has 48 heavy (non-hydrogen) atoms. The third-order valence-electron chi connectivity index (χ3n) is 10.8. The molecule has 4 aliphatic rings. The number of aromatic nitrogens is 2. The van der Waals surface area contributed by atoms with Crippen molar-refractivity contribution in [3.63, 3.8) is 0 Å². The van der Waals surface area contributed by atoms with E-state index in [-0.39, 0.29) is 17.8 Å². The van der Waals surface area contributed by atoms with Crippen LogP contribution in [0.2, 0.25) is 0 Å². The van der Waals surface area contributed by atoms with Crippen molar-refractivity contribution in [1.82, 2.24) is 14.9 Å². The van der Waals surface area contributed by atoms with Crippen molar-refractivity contribution in [3.05, 3.63) is 46.3 Å². The highest BCUT2D eigenvalue weighted by molar-refractivity contribution is 7.23. The molecule has 2 aromatic heterocycles. The fourth-order valence-electron chi connectivity index (χ4n) is 8.18. The van der Waals surface area contributed by atoms with Crippen molar-refractivity contribution >= 4 is 43.1 Å². The molecule has 0 amide bonds. The summed E-state index contributed by atoms with van der Waals surface area (Å²) in [7, 11) is 0. The Hall–Kier alpha value is -3.42. The van der Waals surface area contributed by atoms with Gasteiger partial charge in [-0.05, 0) is 100 Å². The molecule has 2 saturated heterocycles. The van der Waals surface area contributed by atoms with Crippen molar-refractivity contribution < 1.29 is 13.2 Å². The summed E-state index contributed by atoms with van der Waals surface area (Å²) < 4.78 is 44.5.